The lowest BCUT2D eigenvalue weighted by molar-refractivity contribution is 0.0697. The van der Waals surface area contributed by atoms with Crippen molar-refractivity contribution >= 4 is 11.8 Å². The van der Waals surface area contributed by atoms with Crippen LogP contribution in [0.2, 0.25) is 0 Å². The quantitative estimate of drug-likeness (QED) is 0.685. The molecule has 1 fully saturated rings. The first kappa shape index (κ1) is 10.9. The van der Waals surface area contributed by atoms with Crippen LogP contribution in [0.1, 0.15) is 42.1 Å². The summed E-state index contributed by atoms with van der Waals surface area (Å²) in [5, 5.41) is 22.2. The Morgan fingerprint density at radius 1 is 1.44 bits per heavy atom. The molecular weight excluding hydrogens is 210 g/mol. The van der Waals surface area contributed by atoms with Gasteiger partial charge in [0.05, 0.1) is 18.3 Å². The molecule has 0 atom stereocenters. The van der Waals surface area contributed by atoms with Crippen LogP contribution in [-0.4, -0.2) is 32.1 Å². The van der Waals surface area contributed by atoms with E-state index in [1.165, 1.54) is 6.20 Å². The molecule has 1 aromatic rings. The van der Waals surface area contributed by atoms with Crippen molar-refractivity contribution in [3.05, 3.63) is 11.8 Å². The minimum atomic E-state index is -1.06. The van der Waals surface area contributed by atoms with Gasteiger partial charge in [0.1, 0.15) is 11.4 Å². The van der Waals surface area contributed by atoms with Crippen molar-refractivity contribution in [2.45, 2.75) is 37.8 Å². The number of aromatic carboxylic acids is 1. The molecule has 2 rings (SSSR count). The van der Waals surface area contributed by atoms with Crippen LogP contribution in [0.25, 0.3) is 0 Å². The summed E-state index contributed by atoms with van der Waals surface area (Å²) in [7, 11) is 0. The average Bonchev–Trinajstić information content (AvgIpc) is 2.61. The third-order valence-corrected chi connectivity index (χ3v) is 3.08. The van der Waals surface area contributed by atoms with Gasteiger partial charge in [-0.25, -0.2) is 9.48 Å². The number of hydrogen-bond donors (Lipinski definition) is 3. The van der Waals surface area contributed by atoms with Crippen molar-refractivity contribution in [2.24, 2.45) is 0 Å². The summed E-state index contributed by atoms with van der Waals surface area (Å²) in [6.07, 6.45) is 4.03. The number of nitrogen functional groups attached to an aromatic ring is 1. The zero-order valence-corrected chi connectivity index (χ0v) is 8.83. The molecule has 6 heteroatoms. The Morgan fingerprint density at radius 3 is 2.56 bits per heavy atom. The third kappa shape index (κ3) is 1.88. The zero-order chi connectivity index (χ0) is 11.7. The molecule has 1 aliphatic rings. The fraction of sp³-hybridized carbons (Fsp3) is 0.600. The summed E-state index contributed by atoms with van der Waals surface area (Å²) in [6, 6.07) is 0.108. The normalized spacial score (nSPS) is 25.6. The van der Waals surface area contributed by atoms with Crippen LogP contribution in [0.3, 0.4) is 0 Å². The summed E-state index contributed by atoms with van der Waals surface area (Å²) < 4.78 is 1.56. The van der Waals surface area contributed by atoms with E-state index in [2.05, 4.69) is 5.10 Å². The lowest BCUT2D eigenvalue weighted by Gasteiger charge is -2.26. The van der Waals surface area contributed by atoms with Gasteiger partial charge in [0.25, 0.3) is 0 Å². The molecule has 0 radical (unpaired) electrons. The maximum Gasteiger partial charge on any atom is 0.341 e. The molecule has 88 valence electrons. The number of aromatic nitrogens is 2. The van der Waals surface area contributed by atoms with E-state index in [-0.39, 0.29) is 23.5 Å². The highest BCUT2D eigenvalue weighted by Gasteiger charge is 2.24. The maximum absolute atomic E-state index is 10.8. The molecule has 0 saturated heterocycles. The second kappa shape index (κ2) is 4.13. The van der Waals surface area contributed by atoms with Crippen molar-refractivity contribution < 1.29 is 15.0 Å². The molecule has 16 heavy (non-hydrogen) atoms. The summed E-state index contributed by atoms with van der Waals surface area (Å²) in [5.41, 5.74) is 5.77. The predicted molar refractivity (Wildman–Crippen MR) is 57.1 cm³/mol. The minimum absolute atomic E-state index is 0.0473. The number of aliphatic hydroxyl groups excluding tert-OH is 1. The SMILES string of the molecule is Nc1c(C(=O)O)cnn1[C@H]1CC[C@@H](O)CC1. The Morgan fingerprint density at radius 2 is 2.06 bits per heavy atom. The van der Waals surface area contributed by atoms with Gasteiger partial charge in [-0.15, -0.1) is 0 Å². The van der Waals surface area contributed by atoms with Crippen LogP contribution >= 0.6 is 0 Å². The predicted octanol–water partition coefficient (Wildman–Crippen LogP) is 0.639. The third-order valence-electron chi connectivity index (χ3n) is 3.08. The number of nitrogens with two attached hydrogens (primary N) is 1. The molecular formula is C10H15N3O3. The Hall–Kier alpha value is -1.56. The second-order valence-electron chi connectivity index (χ2n) is 4.16. The van der Waals surface area contributed by atoms with Gasteiger partial charge < -0.3 is 15.9 Å². The molecule has 0 aromatic carbocycles. The first-order chi connectivity index (χ1) is 7.59. The number of hydrogen-bond acceptors (Lipinski definition) is 4. The highest BCUT2D eigenvalue weighted by atomic mass is 16.4. The Kier molecular flexibility index (Phi) is 2.82. The van der Waals surface area contributed by atoms with E-state index in [0.29, 0.717) is 12.8 Å². The highest BCUT2D eigenvalue weighted by Crippen LogP contribution is 2.30. The fourth-order valence-corrected chi connectivity index (χ4v) is 2.13. The van der Waals surface area contributed by atoms with Crippen molar-refractivity contribution in [1.29, 1.82) is 0 Å². The van der Waals surface area contributed by atoms with E-state index in [0.717, 1.165) is 12.8 Å². The Bertz CT molecular complexity index is 394. The topological polar surface area (TPSA) is 101 Å². The highest BCUT2D eigenvalue weighted by molar-refractivity contribution is 5.92. The second-order valence-corrected chi connectivity index (χ2v) is 4.16. The van der Waals surface area contributed by atoms with Crippen LogP contribution in [-0.2, 0) is 0 Å². The molecule has 1 saturated carbocycles. The van der Waals surface area contributed by atoms with Crippen molar-refractivity contribution in [3.8, 4) is 0 Å². The molecule has 0 aliphatic heterocycles. The monoisotopic (exact) mass is 225 g/mol. The lowest BCUT2D eigenvalue weighted by atomic mass is 9.93. The van der Waals surface area contributed by atoms with Gasteiger partial charge in [-0.3, -0.25) is 0 Å². The molecule has 0 bridgehead atoms. The van der Waals surface area contributed by atoms with E-state index in [1.807, 2.05) is 0 Å². The Labute approximate surface area is 92.7 Å². The van der Waals surface area contributed by atoms with E-state index in [4.69, 9.17) is 10.8 Å². The molecule has 0 spiro atoms. The number of anilines is 1. The number of carboxylic acid groups (broad SMARTS) is 1. The Balaban J connectivity index is 2.18. The van der Waals surface area contributed by atoms with Gasteiger partial charge in [-0.1, -0.05) is 0 Å². The van der Waals surface area contributed by atoms with Crippen molar-refractivity contribution in [2.75, 3.05) is 5.73 Å². The molecule has 4 N–H and O–H groups in total. The van der Waals surface area contributed by atoms with Crippen LogP contribution < -0.4 is 5.73 Å². The van der Waals surface area contributed by atoms with E-state index < -0.39 is 5.97 Å². The summed E-state index contributed by atoms with van der Waals surface area (Å²) in [4.78, 5) is 10.8. The first-order valence-electron chi connectivity index (χ1n) is 5.34. The lowest BCUT2D eigenvalue weighted by Crippen LogP contribution is -2.23. The number of carbonyl (C=O) groups is 1. The number of rotatable bonds is 2. The molecule has 0 amide bonds. The van der Waals surface area contributed by atoms with Crippen LogP contribution in [0, 0.1) is 0 Å². The first-order valence-corrected chi connectivity index (χ1v) is 5.34. The fourth-order valence-electron chi connectivity index (χ4n) is 2.13. The maximum atomic E-state index is 10.8. The van der Waals surface area contributed by atoms with E-state index in [9.17, 15) is 9.90 Å². The van der Waals surface area contributed by atoms with Gasteiger partial charge in [0.2, 0.25) is 0 Å². The smallest absolute Gasteiger partial charge is 0.341 e. The number of carboxylic acids is 1. The summed E-state index contributed by atoms with van der Waals surface area (Å²) in [6.45, 7) is 0. The van der Waals surface area contributed by atoms with Gasteiger partial charge in [-0.05, 0) is 25.7 Å². The molecule has 1 aromatic heterocycles. The van der Waals surface area contributed by atoms with Crippen molar-refractivity contribution in [1.82, 2.24) is 9.78 Å². The number of nitrogens with zero attached hydrogens (tertiary/aromatic N) is 2. The number of aliphatic hydroxyl groups is 1. The molecule has 0 unspecified atom stereocenters. The van der Waals surface area contributed by atoms with Crippen molar-refractivity contribution in [3.63, 3.8) is 0 Å². The zero-order valence-electron chi connectivity index (χ0n) is 8.83. The molecule has 6 nitrogen and oxygen atoms in total. The van der Waals surface area contributed by atoms with Gasteiger partial charge >= 0.3 is 5.97 Å². The minimum Gasteiger partial charge on any atom is -0.477 e. The van der Waals surface area contributed by atoms with Crippen LogP contribution in [0.4, 0.5) is 5.82 Å². The summed E-state index contributed by atoms with van der Waals surface area (Å²) in [5.74, 6) is -0.853. The van der Waals surface area contributed by atoms with E-state index in [1.54, 1.807) is 4.68 Å². The standard InChI is InChI=1S/C10H15N3O3/c11-9-8(10(15)16)5-12-13(9)6-1-3-7(14)4-2-6/h5-7,14H,1-4,11H2,(H,15,16)/t6-,7+. The summed E-state index contributed by atoms with van der Waals surface area (Å²) >= 11 is 0. The van der Waals surface area contributed by atoms with Gasteiger partial charge in [-0.2, -0.15) is 5.10 Å². The van der Waals surface area contributed by atoms with Gasteiger partial charge in [0, 0.05) is 0 Å². The largest absolute Gasteiger partial charge is 0.477 e. The molecule has 1 aliphatic carbocycles. The average molecular weight is 225 g/mol. The van der Waals surface area contributed by atoms with E-state index >= 15 is 0 Å². The molecule has 1 heterocycles. The van der Waals surface area contributed by atoms with Gasteiger partial charge in [0.15, 0.2) is 0 Å². The van der Waals surface area contributed by atoms with Crippen LogP contribution in [0.15, 0.2) is 6.20 Å². The van der Waals surface area contributed by atoms with Crippen LogP contribution in [0.5, 0.6) is 0 Å².